The van der Waals surface area contributed by atoms with Gasteiger partial charge in [0.2, 0.25) is 0 Å². The van der Waals surface area contributed by atoms with Crippen LogP contribution in [0.1, 0.15) is 60.7 Å². The minimum atomic E-state index is -0.403. The largest absolute Gasteiger partial charge is 0.387 e. The van der Waals surface area contributed by atoms with E-state index in [2.05, 4.69) is 10.2 Å². The molecule has 0 aliphatic carbocycles. The van der Waals surface area contributed by atoms with Crippen LogP contribution in [0.15, 0.2) is 12.1 Å². The third-order valence-electron chi connectivity index (χ3n) is 6.11. The van der Waals surface area contributed by atoms with Crippen molar-refractivity contribution < 1.29 is 19.7 Å². The van der Waals surface area contributed by atoms with Crippen molar-refractivity contribution in [1.82, 2.24) is 19.6 Å². The van der Waals surface area contributed by atoms with Crippen LogP contribution in [0.3, 0.4) is 0 Å². The van der Waals surface area contributed by atoms with Crippen molar-refractivity contribution in [1.29, 1.82) is 0 Å². The van der Waals surface area contributed by atoms with Gasteiger partial charge in [-0.1, -0.05) is 0 Å². The normalized spacial score (nSPS) is 20.5. The molecule has 8 heteroatoms. The lowest BCUT2D eigenvalue weighted by molar-refractivity contribution is 0.00418. The molecular formula is C22H36N4O4. The van der Waals surface area contributed by atoms with Gasteiger partial charge in [0.05, 0.1) is 35.0 Å². The number of nitrogens with zero attached hydrogens (tertiary/aromatic N) is 4. The van der Waals surface area contributed by atoms with E-state index >= 15 is 0 Å². The first kappa shape index (κ1) is 22.9. The number of ether oxygens (including phenoxy) is 2. The van der Waals surface area contributed by atoms with Crippen molar-refractivity contribution in [3.05, 3.63) is 34.9 Å². The maximum atomic E-state index is 10.2. The standard InChI is InChI=1S/2C11H18N2O2/c2*1-8-7-10(13(2)12-8)11(14)9-3-5-15-6-4-9/h2*7,9,11,14H,3-6H2,1-2H3. The first-order valence-corrected chi connectivity index (χ1v) is 10.9. The fraction of sp³-hybridized carbons (Fsp3) is 0.727. The molecule has 2 unspecified atom stereocenters. The quantitative estimate of drug-likeness (QED) is 0.789. The highest BCUT2D eigenvalue weighted by Gasteiger charge is 2.26. The molecule has 2 aliphatic rings. The summed E-state index contributed by atoms with van der Waals surface area (Å²) < 4.78 is 14.1. The van der Waals surface area contributed by atoms with E-state index in [0.717, 1.165) is 74.9 Å². The molecule has 0 radical (unpaired) electrons. The van der Waals surface area contributed by atoms with Crippen LogP contribution < -0.4 is 0 Å². The van der Waals surface area contributed by atoms with Gasteiger partial charge in [-0.05, 0) is 63.5 Å². The van der Waals surface area contributed by atoms with Gasteiger partial charge in [0.15, 0.2) is 0 Å². The molecule has 2 atom stereocenters. The van der Waals surface area contributed by atoms with E-state index in [1.165, 1.54) is 0 Å². The zero-order valence-corrected chi connectivity index (χ0v) is 18.6. The number of aromatic nitrogens is 4. The van der Waals surface area contributed by atoms with E-state index in [-0.39, 0.29) is 0 Å². The molecule has 2 N–H and O–H groups in total. The van der Waals surface area contributed by atoms with E-state index in [9.17, 15) is 10.2 Å². The fourth-order valence-corrected chi connectivity index (χ4v) is 4.36. The summed E-state index contributed by atoms with van der Waals surface area (Å²) in [6, 6.07) is 3.92. The van der Waals surface area contributed by atoms with Gasteiger partial charge in [-0.25, -0.2) is 0 Å². The molecule has 0 saturated carbocycles. The molecule has 2 saturated heterocycles. The van der Waals surface area contributed by atoms with Crippen LogP contribution in [0, 0.1) is 25.7 Å². The Balaban J connectivity index is 0.000000171. The highest BCUT2D eigenvalue weighted by atomic mass is 16.5. The Bertz CT molecular complexity index is 725. The average Bonchev–Trinajstić information content (AvgIpc) is 3.28. The average molecular weight is 421 g/mol. The molecule has 0 aromatic carbocycles. The zero-order valence-electron chi connectivity index (χ0n) is 18.6. The van der Waals surface area contributed by atoms with Crippen LogP contribution in [0.25, 0.3) is 0 Å². The van der Waals surface area contributed by atoms with Crippen molar-refractivity contribution in [3.63, 3.8) is 0 Å². The van der Waals surface area contributed by atoms with Crippen molar-refractivity contribution in [2.24, 2.45) is 25.9 Å². The number of aryl methyl sites for hydroxylation is 4. The molecule has 2 aliphatic heterocycles. The first-order valence-electron chi connectivity index (χ1n) is 10.9. The van der Waals surface area contributed by atoms with Gasteiger partial charge in [-0.2, -0.15) is 10.2 Å². The van der Waals surface area contributed by atoms with E-state index in [4.69, 9.17) is 9.47 Å². The molecule has 0 spiro atoms. The third kappa shape index (κ3) is 5.69. The zero-order chi connectivity index (χ0) is 21.7. The van der Waals surface area contributed by atoms with Gasteiger partial charge in [-0.15, -0.1) is 0 Å². The summed E-state index contributed by atoms with van der Waals surface area (Å²) in [5, 5.41) is 29.0. The van der Waals surface area contributed by atoms with Crippen LogP contribution in [0.2, 0.25) is 0 Å². The lowest BCUT2D eigenvalue weighted by Gasteiger charge is -2.26. The summed E-state index contributed by atoms with van der Waals surface area (Å²) >= 11 is 0. The maximum absolute atomic E-state index is 10.2. The molecule has 8 nitrogen and oxygen atoms in total. The monoisotopic (exact) mass is 420 g/mol. The topological polar surface area (TPSA) is 94.6 Å². The second-order valence-corrected chi connectivity index (χ2v) is 8.46. The minimum absolute atomic E-state index is 0.313. The molecule has 0 bridgehead atoms. The molecular weight excluding hydrogens is 384 g/mol. The van der Waals surface area contributed by atoms with E-state index < -0.39 is 12.2 Å². The van der Waals surface area contributed by atoms with Gasteiger partial charge >= 0.3 is 0 Å². The fourth-order valence-electron chi connectivity index (χ4n) is 4.36. The van der Waals surface area contributed by atoms with Crippen LogP contribution in [-0.2, 0) is 23.6 Å². The summed E-state index contributed by atoms with van der Waals surface area (Å²) in [6.07, 6.45) is 2.94. The number of hydrogen-bond donors (Lipinski definition) is 2. The minimum Gasteiger partial charge on any atom is -0.387 e. The number of aliphatic hydroxyl groups excluding tert-OH is 2. The molecule has 2 fully saturated rings. The second-order valence-electron chi connectivity index (χ2n) is 8.46. The lowest BCUT2D eigenvalue weighted by atomic mass is 9.92. The predicted molar refractivity (Wildman–Crippen MR) is 113 cm³/mol. The van der Waals surface area contributed by atoms with Crippen molar-refractivity contribution >= 4 is 0 Å². The summed E-state index contributed by atoms with van der Waals surface area (Å²) in [5.41, 5.74) is 3.75. The van der Waals surface area contributed by atoms with Gasteiger partial charge in [0, 0.05) is 40.5 Å². The van der Waals surface area contributed by atoms with Gasteiger partial charge in [-0.3, -0.25) is 9.36 Å². The highest BCUT2D eigenvalue weighted by Crippen LogP contribution is 2.30. The first-order chi connectivity index (χ1) is 14.4. The highest BCUT2D eigenvalue weighted by molar-refractivity contribution is 5.13. The van der Waals surface area contributed by atoms with Crippen LogP contribution in [0.5, 0.6) is 0 Å². The smallest absolute Gasteiger partial charge is 0.0986 e. The summed E-state index contributed by atoms with van der Waals surface area (Å²) in [7, 11) is 3.76. The molecule has 30 heavy (non-hydrogen) atoms. The van der Waals surface area contributed by atoms with E-state index in [0.29, 0.717) is 11.8 Å². The second kappa shape index (κ2) is 10.5. The number of rotatable bonds is 4. The molecule has 2 aromatic heterocycles. The molecule has 4 rings (SSSR count). The van der Waals surface area contributed by atoms with Gasteiger partial charge in [0.25, 0.3) is 0 Å². The molecule has 0 amide bonds. The molecule has 2 aromatic rings. The van der Waals surface area contributed by atoms with Crippen LogP contribution >= 0.6 is 0 Å². The van der Waals surface area contributed by atoms with Gasteiger partial charge < -0.3 is 19.7 Å². The van der Waals surface area contributed by atoms with E-state index in [1.54, 1.807) is 9.36 Å². The third-order valence-corrected chi connectivity index (χ3v) is 6.11. The Morgan fingerprint density at radius 2 is 1.10 bits per heavy atom. The SMILES string of the molecule is Cc1cc(C(O)C2CCOCC2)n(C)n1.Cc1cc(C(O)C2CCOCC2)n(C)n1. The van der Waals surface area contributed by atoms with Crippen molar-refractivity contribution in [3.8, 4) is 0 Å². The van der Waals surface area contributed by atoms with Crippen molar-refractivity contribution in [2.75, 3.05) is 26.4 Å². The predicted octanol–water partition coefficient (Wildman–Crippen LogP) is 2.38. The van der Waals surface area contributed by atoms with E-state index in [1.807, 2.05) is 40.1 Å². The Hall–Kier alpha value is -1.74. The van der Waals surface area contributed by atoms with Crippen LogP contribution in [0.4, 0.5) is 0 Å². The van der Waals surface area contributed by atoms with Crippen LogP contribution in [-0.4, -0.2) is 56.2 Å². The molecule has 4 heterocycles. The number of aliphatic hydroxyl groups is 2. The van der Waals surface area contributed by atoms with Gasteiger partial charge in [0.1, 0.15) is 0 Å². The summed E-state index contributed by atoms with van der Waals surface area (Å²) in [4.78, 5) is 0. The maximum Gasteiger partial charge on any atom is 0.0986 e. The Labute approximate surface area is 178 Å². The summed E-state index contributed by atoms with van der Waals surface area (Å²) in [6.45, 7) is 6.94. The molecule has 168 valence electrons. The Morgan fingerprint density at radius 3 is 1.37 bits per heavy atom. The summed E-state index contributed by atoms with van der Waals surface area (Å²) in [5.74, 6) is 0.627. The Morgan fingerprint density at radius 1 is 0.767 bits per heavy atom. The Kier molecular flexibility index (Phi) is 8.05. The van der Waals surface area contributed by atoms with Crippen molar-refractivity contribution in [2.45, 2.75) is 51.7 Å². The number of hydrogen-bond acceptors (Lipinski definition) is 6. The lowest BCUT2D eigenvalue weighted by Crippen LogP contribution is -2.23.